The fraction of sp³-hybridized carbons (Fsp3) is 0.455. The number of para-hydroxylation sites is 1. The molecule has 0 saturated heterocycles. The van der Waals surface area contributed by atoms with Crippen molar-refractivity contribution in [2.24, 2.45) is 0 Å². The third-order valence-electron chi connectivity index (χ3n) is 2.06. The van der Waals surface area contributed by atoms with E-state index in [2.05, 4.69) is 19.2 Å². The molecule has 0 amide bonds. The minimum atomic E-state index is 0.354. The smallest absolute Gasteiger partial charge is 0.138 e. The summed E-state index contributed by atoms with van der Waals surface area (Å²) < 4.78 is 0. The van der Waals surface area contributed by atoms with Crippen molar-refractivity contribution in [3.63, 3.8) is 0 Å². The molecule has 2 nitrogen and oxygen atoms in total. The second kappa shape index (κ2) is 4.75. The van der Waals surface area contributed by atoms with Crippen LogP contribution in [0.2, 0.25) is 0 Å². The van der Waals surface area contributed by atoms with Crippen LogP contribution in [0.25, 0.3) is 0 Å². The average Bonchev–Trinajstić information content (AvgIpc) is 2.15. The number of benzene rings is 1. The van der Waals surface area contributed by atoms with E-state index in [-0.39, 0.29) is 0 Å². The standard InChI is InChI=1S/C11H17NO/c1-3-8-12-11-9(4-2)6-5-7-10(11)13/h5-7,12-13H,3-4,8H2,1-2H3. The van der Waals surface area contributed by atoms with Crippen LogP contribution in [-0.4, -0.2) is 11.7 Å². The van der Waals surface area contributed by atoms with Gasteiger partial charge in [-0.1, -0.05) is 26.0 Å². The predicted octanol–water partition coefficient (Wildman–Crippen LogP) is 2.78. The van der Waals surface area contributed by atoms with Gasteiger partial charge in [0.15, 0.2) is 0 Å². The lowest BCUT2D eigenvalue weighted by Gasteiger charge is -2.11. The third kappa shape index (κ3) is 2.38. The minimum Gasteiger partial charge on any atom is -0.506 e. The second-order valence-electron chi connectivity index (χ2n) is 3.09. The van der Waals surface area contributed by atoms with Gasteiger partial charge in [-0.3, -0.25) is 0 Å². The van der Waals surface area contributed by atoms with Crippen LogP contribution in [0.3, 0.4) is 0 Å². The van der Waals surface area contributed by atoms with Crippen LogP contribution in [0.1, 0.15) is 25.8 Å². The molecule has 13 heavy (non-hydrogen) atoms. The molecular weight excluding hydrogens is 162 g/mol. The van der Waals surface area contributed by atoms with E-state index in [9.17, 15) is 5.11 Å². The Morgan fingerprint density at radius 1 is 1.31 bits per heavy atom. The summed E-state index contributed by atoms with van der Waals surface area (Å²) in [5.74, 6) is 0.354. The van der Waals surface area contributed by atoms with Crippen LogP contribution >= 0.6 is 0 Å². The fourth-order valence-corrected chi connectivity index (χ4v) is 1.34. The van der Waals surface area contributed by atoms with E-state index < -0.39 is 0 Å². The van der Waals surface area contributed by atoms with E-state index in [0.717, 1.165) is 25.1 Å². The molecule has 0 heterocycles. The molecule has 2 heteroatoms. The number of aromatic hydroxyl groups is 1. The highest BCUT2D eigenvalue weighted by molar-refractivity contribution is 5.61. The van der Waals surface area contributed by atoms with Crippen LogP contribution in [0.15, 0.2) is 18.2 Å². The molecular formula is C11H17NO. The van der Waals surface area contributed by atoms with Crippen molar-refractivity contribution in [2.45, 2.75) is 26.7 Å². The van der Waals surface area contributed by atoms with Crippen molar-refractivity contribution in [3.8, 4) is 5.75 Å². The maximum atomic E-state index is 9.59. The van der Waals surface area contributed by atoms with Crippen LogP contribution in [0, 0.1) is 0 Å². The number of phenolic OH excluding ortho intramolecular Hbond substituents is 1. The predicted molar refractivity (Wildman–Crippen MR) is 56.3 cm³/mol. The molecule has 72 valence electrons. The van der Waals surface area contributed by atoms with Crippen LogP contribution < -0.4 is 5.32 Å². The molecule has 0 radical (unpaired) electrons. The van der Waals surface area contributed by atoms with Gasteiger partial charge in [0.1, 0.15) is 5.75 Å². The number of anilines is 1. The zero-order chi connectivity index (χ0) is 9.68. The van der Waals surface area contributed by atoms with Gasteiger partial charge in [-0.25, -0.2) is 0 Å². The molecule has 0 unspecified atom stereocenters. The zero-order valence-electron chi connectivity index (χ0n) is 8.30. The Morgan fingerprint density at radius 2 is 2.08 bits per heavy atom. The molecule has 0 fully saturated rings. The molecule has 1 rings (SSSR count). The quantitative estimate of drug-likeness (QED) is 0.696. The van der Waals surface area contributed by atoms with Crippen LogP contribution in [-0.2, 0) is 6.42 Å². The molecule has 0 saturated carbocycles. The Labute approximate surface area is 79.6 Å². The Bertz CT molecular complexity index is 271. The Hall–Kier alpha value is -1.18. The van der Waals surface area contributed by atoms with Crippen LogP contribution in [0.5, 0.6) is 5.75 Å². The highest BCUT2D eigenvalue weighted by Crippen LogP contribution is 2.27. The molecule has 0 aliphatic heterocycles. The Balaban J connectivity index is 2.87. The lowest BCUT2D eigenvalue weighted by atomic mass is 10.1. The van der Waals surface area contributed by atoms with Gasteiger partial charge in [-0.2, -0.15) is 0 Å². The maximum absolute atomic E-state index is 9.59. The minimum absolute atomic E-state index is 0.354. The van der Waals surface area contributed by atoms with E-state index in [1.165, 1.54) is 5.56 Å². The van der Waals surface area contributed by atoms with Crippen molar-refractivity contribution in [2.75, 3.05) is 11.9 Å². The summed E-state index contributed by atoms with van der Waals surface area (Å²) in [6, 6.07) is 5.64. The SMILES string of the molecule is CCCNc1c(O)cccc1CC. The molecule has 0 aromatic heterocycles. The number of aryl methyl sites for hydroxylation is 1. The molecule has 1 aromatic carbocycles. The Morgan fingerprint density at radius 3 is 2.69 bits per heavy atom. The molecule has 1 aromatic rings. The summed E-state index contributed by atoms with van der Waals surface area (Å²) in [6.07, 6.45) is 2.01. The van der Waals surface area contributed by atoms with Gasteiger partial charge in [0.2, 0.25) is 0 Å². The summed E-state index contributed by atoms with van der Waals surface area (Å²) in [5.41, 5.74) is 2.07. The second-order valence-corrected chi connectivity index (χ2v) is 3.09. The van der Waals surface area contributed by atoms with Crippen molar-refractivity contribution in [3.05, 3.63) is 23.8 Å². The highest BCUT2D eigenvalue weighted by atomic mass is 16.3. The van der Waals surface area contributed by atoms with Gasteiger partial charge < -0.3 is 10.4 Å². The summed E-state index contributed by atoms with van der Waals surface area (Å²) in [4.78, 5) is 0. The lowest BCUT2D eigenvalue weighted by Crippen LogP contribution is -2.02. The number of hydrogen-bond acceptors (Lipinski definition) is 2. The number of hydrogen-bond donors (Lipinski definition) is 2. The van der Waals surface area contributed by atoms with Gasteiger partial charge in [-0.05, 0) is 24.5 Å². The first-order chi connectivity index (χ1) is 6.29. The van der Waals surface area contributed by atoms with Gasteiger partial charge in [-0.15, -0.1) is 0 Å². The Kier molecular flexibility index (Phi) is 3.62. The van der Waals surface area contributed by atoms with E-state index in [0.29, 0.717) is 5.75 Å². The zero-order valence-corrected chi connectivity index (χ0v) is 8.30. The van der Waals surface area contributed by atoms with E-state index in [1.807, 2.05) is 12.1 Å². The lowest BCUT2D eigenvalue weighted by molar-refractivity contribution is 0.476. The third-order valence-corrected chi connectivity index (χ3v) is 2.06. The molecule has 2 N–H and O–H groups in total. The van der Waals surface area contributed by atoms with Gasteiger partial charge in [0.05, 0.1) is 5.69 Å². The fourth-order valence-electron chi connectivity index (χ4n) is 1.34. The van der Waals surface area contributed by atoms with Crippen molar-refractivity contribution < 1.29 is 5.11 Å². The molecule has 0 atom stereocenters. The van der Waals surface area contributed by atoms with E-state index in [4.69, 9.17) is 0 Å². The first-order valence-corrected chi connectivity index (χ1v) is 4.84. The average molecular weight is 179 g/mol. The number of rotatable bonds is 4. The summed E-state index contributed by atoms with van der Waals surface area (Å²) >= 11 is 0. The van der Waals surface area contributed by atoms with E-state index in [1.54, 1.807) is 6.07 Å². The van der Waals surface area contributed by atoms with Gasteiger partial charge >= 0.3 is 0 Å². The van der Waals surface area contributed by atoms with E-state index >= 15 is 0 Å². The monoisotopic (exact) mass is 179 g/mol. The normalized spacial score (nSPS) is 10.0. The summed E-state index contributed by atoms with van der Waals surface area (Å²) in [5, 5.41) is 12.8. The molecule has 0 spiro atoms. The topological polar surface area (TPSA) is 32.3 Å². The first-order valence-electron chi connectivity index (χ1n) is 4.84. The van der Waals surface area contributed by atoms with Crippen molar-refractivity contribution in [1.82, 2.24) is 0 Å². The largest absolute Gasteiger partial charge is 0.506 e. The van der Waals surface area contributed by atoms with Gasteiger partial charge in [0, 0.05) is 6.54 Å². The molecule has 0 aliphatic carbocycles. The highest BCUT2D eigenvalue weighted by Gasteiger charge is 2.03. The molecule has 0 aliphatic rings. The maximum Gasteiger partial charge on any atom is 0.138 e. The molecule has 0 bridgehead atoms. The number of nitrogens with one attached hydrogen (secondary N) is 1. The van der Waals surface area contributed by atoms with Crippen molar-refractivity contribution >= 4 is 5.69 Å². The van der Waals surface area contributed by atoms with Crippen molar-refractivity contribution in [1.29, 1.82) is 0 Å². The van der Waals surface area contributed by atoms with Gasteiger partial charge in [0.25, 0.3) is 0 Å². The number of phenols is 1. The van der Waals surface area contributed by atoms with Crippen LogP contribution in [0.4, 0.5) is 5.69 Å². The summed E-state index contributed by atoms with van der Waals surface area (Å²) in [7, 11) is 0. The first kappa shape index (κ1) is 9.90. The summed E-state index contributed by atoms with van der Waals surface area (Å²) in [6.45, 7) is 5.11.